The van der Waals surface area contributed by atoms with Crippen LogP contribution in [-0.4, -0.2) is 15.9 Å². The van der Waals surface area contributed by atoms with Crippen molar-refractivity contribution in [2.24, 2.45) is 5.10 Å². The van der Waals surface area contributed by atoms with Gasteiger partial charge in [0.15, 0.2) is 0 Å². The second-order valence-electron chi connectivity index (χ2n) is 4.35. The molecule has 0 atom stereocenters. The minimum Gasteiger partial charge on any atom is -0.368 e. The van der Waals surface area contributed by atoms with Gasteiger partial charge in [0.05, 0.1) is 18.1 Å². The van der Waals surface area contributed by atoms with Gasteiger partial charge in [-0.1, -0.05) is 60.7 Å². The standard InChI is InChI=1S/C16H14N4/c17-16-19-15(14-9-5-2-6-10-14)12-20(16)18-11-13-7-3-1-4-8-13/h1-12H,(H2,17,19)/b18-11-. The number of hydrogen-bond acceptors (Lipinski definition) is 3. The molecular formula is C16H14N4. The summed E-state index contributed by atoms with van der Waals surface area (Å²) in [6.07, 6.45) is 3.58. The molecule has 3 aromatic rings. The van der Waals surface area contributed by atoms with Crippen molar-refractivity contribution < 1.29 is 0 Å². The lowest BCUT2D eigenvalue weighted by Gasteiger charge is -1.95. The zero-order chi connectivity index (χ0) is 13.8. The summed E-state index contributed by atoms with van der Waals surface area (Å²) >= 11 is 0. The Morgan fingerprint density at radius 2 is 1.60 bits per heavy atom. The van der Waals surface area contributed by atoms with Crippen LogP contribution >= 0.6 is 0 Å². The average molecular weight is 262 g/mol. The molecule has 0 saturated heterocycles. The normalized spacial score (nSPS) is 11.0. The largest absolute Gasteiger partial charge is 0.368 e. The molecule has 0 amide bonds. The summed E-state index contributed by atoms with van der Waals surface area (Å²) in [5, 5.41) is 4.33. The van der Waals surface area contributed by atoms with E-state index >= 15 is 0 Å². The van der Waals surface area contributed by atoms with Gasteiger partial charge in [0.25, 0.3) is 0 Å². The van der Waals surface area contributed by atoms with Gasteiger partial charge in [-0.25, -0.2) is 9.66 Å². The maximum atomic E-state index is 5.88. The molecule has 1 heterocycles. The monoisotopic (exact) mass is 262 g/mol. The molecule has 4 nitrogen and oxygen atoms in total. The number of anilines is 1. The first kappa shape index (κ1) is 12.2. The van der Waals surface area contributed by atoms with Crippen LogP contribution in [0.15, 0.2) is 72.0 Å². The van der Waals surface area contributed by atoms with Gasteiger partial charge in [0.1, 0.15) is 0 Å². The first-order chi connectivity index (χ1) is 9.83. The van der Waals surface area contributed by atoms with Crippen LogP contribution in [0.3, 0.4) is 0 Å². The van der Waals surface area contributed by atoms with Crippen LogP contribution in [0, 0.1) is 0 Å². The molecule has 3 rings (SSSR count). The number of aromatic nitrogens is 2. The Bertz CT molecular complexity index is 715. The van der Waals surface area contributed by atoms with E-state index in [-0.39, 0.29) is 0 Å². The number of benzene rings is 2. The lowest BCUT2D eigenvalue weighted by molar-refractivity contribution is 0.898. The smallest absolute Gasteiger partial charge is 0.221 e. The number of nitrogens with zero attached hydrogens (tertiary/aromatic N) is 3. The SMILES string of the molecule is Nc1nc(-c2ccccc2)cn1/N=C\c1ccccc1. The maximum Gasteiger partial charge on any atom is 0.221 e. The van der Waals surface area contributed by atoms with Crippen LogP contribution in [0.5, 0.6) is 0 Å². The second-order valence-corrected chi connectivity index (χ2v) is 4.35. The Hall–Kier alpha value is -2.88. The molecule has 0 aliphatic heterocycles. The van der Waals surface area contributed by atoms with Gasteiger partial charge in [0, 0.05) is 5.56 Å². The molecule has 0 spiro atoms. The molecule has 1 aromatic heterocycles. The summed E-state index contributed by atoms with van der Waals surface area (Å²) < 4.78 is 1.58. The van der Waals surface area contributed by atoms with Crippen LogP contribution in [0.25, 0.3) is 11.3 Å². The molecule has 0 saturated carbocycles. The van der Waals surface area contributed by atoms with Crippen molar-refractivity contribution in [3.63, 3.8) is 0 Å². The van der Waals surface area contributed by atoms with Crippen molar-refractivity contribution in [3.8, 4) is 11.3 Å². The molecule has 0 radical (unpaired) electrons. The van der Waals surface area contributed by atoms with E-state index in [1.807, 2.05) is 66.9 Å². The molecule has 4 heteroatoms. The fraction of sp³-hybridized carbons (Fsp3) is 0. The summed E-state index contributed by atoms with van der Waals surface area (Å²) in [6, 6.07) is 19.8. The molecule has 2 aromatic carbocycles. The Balaban J connectivity index is 1.89. The second kappa shape index (κ2) is 5.40. The molecule has 0 aliphatic rings. The number of imidazole rings is 1. The molecular weight excluding hydrogens is 248 g/mol. The van der Waals surface area contributed by atoms with Crippen molar-refractivity contribution >= 4 is 12.2 Å². The molecule has 98 valence electrons. The highest BCUT2D eigenvalue weighted by Crippen LogP contribution is 2.19. The zero-order valence-electron chi connectivity index (χ0n) is 10.8. The summed E-state index contributed by atoms with van der Waals surface area (Å²) in [4.78, 5) is 4.32. The van der Waals surface area contributed by atoms with Gasteiger partial charge in [-0.15, -0.1) is 0 Å². The molecule has 0 fully saturated rings. The molecule has 0 bridgehead atoms. The van der Waals surface area contributed by atoms with E-state index in [2.05, 4.69) is 10.1 Å². The Kier molecular flexibility index (Phi) is 3.29. The summed E-state index contributed by atoms with van der Waals surface area (Å²) in [7, 11) is 0. The molecule has 0 aliphatic carbocycles. The van der Waals surface area contributed by atoms with E-state index in [0.717, 1.165) is 16.8 Å². The molecule has 2 N–H and O–H groups in total. The first-order valence-electron chi connectivity index (χ1n) is 6.32. The van der Waals surface area contributed by atoms with Crippen molar-refractivity contribution in [2.75, 3.05) is 5.73 Å². The summed E-state index contributed by atoms with van der Waals surface area (Å²) in [5.41, 5.74) is 8.73. The molecule has 20 heavy (non-hydrogen) atoms. The van der Waals surface area contributed by atoms with Gasteiger partial charge in [-0.2, -0.15) is 5.10 Å². The minimum atomic E-state index is 0.371. The van der Waals surface area contributed by atoms with Crippen molar-refractivity contribution in [2.45, 2.75) is 0 Å². The topological polar surface area (TPSA) is 56.2 Å². The Morgan fingerprint density at radius 1 is 0.950 bits per heavy atom. The number of rotatable bonds is 3. The van der Waals surface area contributed by atoms with E-state index in [1.165, 1.54) is 0 Å². The van der Waals surface area contributed by atoms with Gasteiger partial charge >= 0.3 is 0 Å². The third-order valence-electron chi connectivity index (χ3n) is 2.91. The average Bonchev–Trinajstić information content (AvgIpc) is 2.88. The van der Waals surface area contributed by atoms with Crippen LogP contribution in [0.1, 0.15) is 5.56 Å². The van der Waals surface area contributed by atoms with Crippen LogP contribution < -0.4 is 5.73 Å². The lowest BCUT2D eigenvalue weighted by Crippen LogP contribution is -1.96. The fourth-order valence-electron chi connectivity index (χ4n) is 1.89. The highest BCUT2D eigenvalue weighted by atomic mass is 15.4. The van der Waals surface area contributed by atoms with Crippen LogP contribution in [0.2, 0.25) is 0 Å². The van der Waals surface area contributed by atoms with Crippen LogP contribution in [0.4, 0.5) is 5.95 Å². The summed E-state index contributed by atoms with van der Waals surface area (Å²) in [6.45, 7) is 0. The van der Waals surface area contributed by atoms with E-state index < -0.39 is 0 Å². The third kappa shape index (κ3) is 2.59. The molecule has 0 unspecified atom stereocenters. The predicted molar refractivity (Wildman–Crippen MR) is 81.5 cm³/mol. The number of nitrogens with two attached hydrogens (primary N) is 1. The fourth-order valence-corrected chi connectivity index (χ4v) is 1.89. The van der Waals surface area contributed by atoms with E-state index in [0.29, 0.717) is 5.95 Å². The van der Waals surface area contributed by atoms with Crippen molar-refractivity contribution in [1.82, 2.24) is 9.66 Å². The van der Waals surface area contributed by atoms with Crippen molar-refractivity contribution in [1.29, 1.82) is 0 Å². The highest BCUT2D eigenvalue weighted by molar-refractivity contribution is 5.79. The number of hydrogen-bond donors (Lipinski definition) is 1. The van der Waals surface area contributed by atoms with Gasteiger partial charge in [-0.3, -0.25) is 0 Å². The maximum absolute atomic E-state index is 5.88. The van der Waals surface area contributed by atoms with E-state index in [4.69, 9.17) is 5.73 Å². The Labute approximate surface area is 117 Å². The van der Waals surface area contributed by atoms with Crippen LogP contribution in [-0.2, 0) is 0 Å². The third-order valence-corrected chi connectivity index (χ3v) is 2.91. The van der Waals surface area contributed by atoms with Gasteiger partial charge in [0.2, 0.25) is 5.95 Å². The Morgan fingerprint density at radius 3 is 2.30 bits per heavy atom. The van der Waals surface area contributed by atoms with Gasteiger partial charge in [-0.05, 0) is 5.56 Å². The minimum absolute atomic E-state index is 0.371. The summed E-state index contributed by atoms with van der Waals surface area (Å²) in [5.74, 6) is 0.371. The highest BCUT2D eigenvalue weighted by Gasteiger charge is 2.05. The van der Waals surface area contributed by atoms with E-state index in [1.54, 1.807) is 10.9 Å². The number of nitrogen functional groups attached to an aromatic ring is 1. The predicted octanol–water partition coefficient (Wildman–Crippen LogP) is 3.01. The zero-order valence-corrected chi connectivity index (χ0v) is 10.8. The lowest BCUT2D eigenvalue weighted by atomic mass is 10.2. The quantitative estimate of drug-likeness (QED) is 0.738. The van der Waals surface area contributed by atoms with Crippen molar-refractivity contribution in [3.05, 3.63) is 72.4 Å². The first-order valence-corrected chi connectivity index (χ1v) is 6.32. The van der Waals surface area contributed by atoms with E-state index in [9.17, 15) is 0 Å². The van der Waals surface area contributed by atoms with Gasteiger partial charge < -0.3 is 5.73 Å².